The molecule has 18 heavy (non-hydrogen) atoms. The molecule has 0 saturated carbocycles. The van der Waals surface area contributed by atoms with E-state index in [-0.39, 0.29) is 11.5 Å². The summed E-state index contributed by atoms with van der Waals surface area (Å²) in [6.45, 7) is 1.40. The molecule has 0 unspecified atom stereocenters. The Morgan fingerprint density at radius 1 is 1.33 bits per heavy atom. The average molecular weight is 262 g/mol. The number of aromatic nitrogens is 1. The average Bonchev–Trinajstić information content (AvgIpc) is 2.78. The molecular weight excluding hydrogens is 252 g/mol. The Kier molecular flexibility index (Phi) is 3.47. The van der Waals surface area contributed by atoms with Crippen LogP contribution in [-0.2, 0) is 0 Å². The Bertz CT molecular complexity index is 607. The number of carbonyl (C=O) groups excluding carboxylic acids is 2. The fourth-order valence-corrected chi connectivity index (χ4v) is 2.17. The second kappa shape index (κ2) is 5.05. The number of nitrogens with two attached hydrogens (primary N) is 1. The Labute approximate surface area is 107 Å². The fraction of sp³-hybridized carbons (Fsp3) is 0.0833. The van der Waals surface area contributed by atoms with Gasteiger partial charge in [-0.2, -0.15) is 0 Å². The normalized spacial score (nSPS) is 10.3. The zero-order valence-electron chi connectivity index (χ0n) is 9.54. The molecule has 0 fully saturated rings. The minimum atomic E-state index is -0.517. The van der Waals surface area contributed by atoms with E-state index in [1.54, 1.807) is 24.3 Å². The largest absolute Gasteiger partial charge is 0.428 e. The molecule has 92 valence electrons. The van der Waals surface area contributed by atoms with Crippen LogP contribution >= 0.6 is 11.8 Å². The lowest BCUT2D eigenvalue weighted by Gasteiger charge is -2.02. The van der Waals surface area contributed by atoms with Gasteiger partial charge in [0.15, 0.2) is 11.5 Å². The van der Waals surface area contributed by atoms with Gasteiger partial charge in [0.05, 0.1) is 11.8 Å². The molecular formula is C12H10N2O3S. The van der Waals surface area contributed by atoms with Crippen LogP contribution in [0.5, 0.6) is 0 Å². The van der Waals surface area contributed by atoms with Crippen molar-refractivity contribution in [3.63, 3.8) is 0 Å². The molecule has 6 heteroatoms. The van der Waals surface area contributed by atoms with Crippen molar-refractivity contribution in [2.45, 2.75) is 17.0 Å². The van der Waals surface area contributed by atoms with Gasteiger partial charge in [-0.3, -0.25) is 9.59 Å². The summed E-state index contributed by atoms with van der Waals surface area (Å²) >= 11 is 1.15. The molecule has 5 nitrogen and oxygen atoms in total. The third-order valence-corrected chi connectivity index (χ3v) is 3.12. The maximum atomic E-state index is 11.2. The van der Waals surface area contributed by atoms with Crippen molar-refractivity contribution < 1.29 is 14.0 Å². The molecule has 0 aliphatic carbocycles. The fourth-order valence-electron chi connectivity index (χ4n) is 1.32. The van der Waals surface area contributed by atoms with Crippen LogP contribution in [0.15, 0.2) is 45.0 Å². The highest BCUT2D eigenvalue weighted by atomic mass is 32.2. The molecule has 2 aromatic rings. The smallest absolute Gasteiger partial charge is 0.261 e. The standard InChI is InChI=1S/C12H10N2O3S/c1-7(15)9-6-14-12(17-9)18-10-5-3-2-4-8(10)11(13)16/h2-6H,1H3,(H2,13,16). The van der Waals surface area contributed by atoms with E-state index in [1.165, 1.54) is 13.1 Å². The van der Waals surface area contributed by atoms with E-state index >= 15 is 0 Å². The molecule has 0 aliphatic heterocycles. The summed E-state index contributed by atoms with van der Waals surface area (Å²) < 4.78 is 5.23. The lowest BCUT2D eigenvalue weighted by molar-refractivity contribution is 0.0978. The number of ketones is 1. The van der Waals surface area contributed by atoms with Crippen molar-refractivity contribution in [2.75, 3.05) is 0 Å². The molecule has 1 aromatic carbocycles. The van der Waals surface area contributed by atoms with Gasteiger partial charge in [0.25, 0.3) is 5.22 Å². The second-order valence-electron chi connectivity index (χ2n) is 3.51. The summed E-state index contributed by atoms with van der Waals surface area (Å²) in [4.78, 5) is 26.9. The molecule has 0 atom stereocenters. The maximum Gasteiger partial charge on any atom is 0.261 e. The monoisotopic (exact) mass is 262 g/mol. The zero-order chi connectivity index (χ0) is 13.1. The lowest BCUT2D eigenvalue weighted by atomic mass is 10.2. The van der Waals surface area contributed by atoms with Crippen molar-refractivity contribution in [2.24, 2.45) is 5.73 Å². The van der Waals surface area contributed by atoms with Gasteiger partial charge in [-0.15, -0.1) is 0 Å². The number of Topliss-reactive ketones (excluding diaryl/α,β-unsaturated/α-hetero) is 1. The molecule has 0 bridgehead atoms. The van der Waals surface area contributed by atoms with Crippen LogP contribution in [-0.4, -0.2) is 16.7 Å². The first-order chi connectivity index (χ1) is 8.58. The minimum absolute atomic E-state index is 0.189. The van der Waals surface area contributed by atoms with Crippen LogP contribution in [0.3, 0.4) is 0 Å². The zero-order valence-corrected chi connectivity index (χ0v) is 10.4. The molecule has 1 amide bonds. The summed E-state index contributed by atoms with van der Waals surface area (Å²) in [5.41, 5.74) is 5.66. The van der Waals surface area contributed by atoms with Gasteiger partial charge in [0, 0.05) is 11.8 Å². The molecule has 2 N–H and O–H groups in total. The SMILES string of the molecule is CC(=O)c1cnc(Sc2ccccc2C(N)=O)o1. The topological polar surface area (TPSA) is 86.2 Å². The second-order valence-corrected chi connectivity index (χ2v) is 4.50. The molecule has 1 heterocycles. The highest BCUT2D eigenvalue weighted by Gasteiger charge is 2.13. The van der Waals surface area contributed by atoms with Crippen LogP contribution in [0, 0.1) is 0 Å². The number of hydrogen-bond acceptors (Lipinski definition) is 5. The molecule has 2 rings (SSSR count). The van der Waals surface area contributed by atoms with Gasteiger partial charge in [-0.1, -0.05) is 12.1 Å². The Hall–Kier alpha value is -2.08. The van der Waals surface area contributed by atoms with E-state index in [4.69, 9.17) is 10.2 Å². The lowest BCUT2D eigenvalue weighted by Crippen LogP contribution is -2.11. The van der Waals surface area contributed by atoms with Crippen molar-refractivity contribution >= 4 is 23.5 Å². The summed E-state index contributed by atoms with van der Waals surface area (Å²) in [5, 5.41) is 0.300. The van der Waals surface area contributed by atoms with Crippen molar-refractivity contribution in [3.8, 4) is 0 Å². The van der Waals surface area contributed by atoms with Crippen LogP contribution in [0.1, 0.15) is 27.8 Å². The molecule has 1 aromatic heterocycles. The summed E-state index contributed by atoms with van der Waals surface area (Å²) in [7, 11) is 0. The number of amides is 1. The summed E-state index contributed by atoms with van der Waals surface area (Å²) in [6, 6.07) is 6.87. The van der Waals surface area contributed by atoms with E-state index in [0.717, 1.165) is 11.8 Å². The Morgan fingerprint density at radius 2 is 2.06 bits per heavy atom. The van der Waals surface area contributed by atoms with Gasteiger partial charge >= 0.3 is 0 Å². The molecule has 0 radical (unpaired) electrons. The number of benzene rings is 1. The predicted molar refractivity (Wildman–Crippen MR) is 65.6 cm³/mol. The van der Waals surface area contributed by atoms with E-state index in [1.807, 2.05) is 0 Å². The van der Waals surface area contributed by atoms with Crippen LogP contribution in [0.25, 0.3) is 0 Å². The number of oxazole rings is 1. The first kappa shape index (κ1) is 12.4. The maximum absolute atomic E-state index is 11.2. The van der Waals surface area contributed by atoms with Crippen molar-refractivity contribution in [3.05, 3.63) is 41.8 Å². The molecule has 0 saturated heterocycles. The Morgan fingerprint density at radius 3 is 2.67 bits per heavy atom. The van der Waals surface area contributed by atoms with Gasteiger partial charge in [0.2, 0.25) is 5.91 Å². The number of primary amides is 1. The highest BCUT2D eigenvalue weighted by Crippen LogP contribution is 2.29. The number of carbonyl (C=O) groups is 2. The van der Waals surface area contributed by atoms with E-state index < -0.39 is 5.91 Å². The highest BCUT2D eigenvalue weighted by molar-refractivity contribution is 7.99. The number of rotatable bonds is 4. The predicted octanol–water partition coefficient (Wildman–Crippen LogP) is 2.13. The van der Waals surface area contributed by atoms with E-state index in [0.29, 0.717) is 15.7 Å². The quantitative estimate of drug-likeness (QED) is 0.853. The van der Waals surface area contributed by atoms with Gasteiger partial charge in [0.1, 0.15) is 0 Å². The van der Waals surface area contributed by atoms with Crippen LogP contribution in [0.4, 0.5) is 0 Å². The van der Waals surface area contributed by atoms with Crippen LogP contribution in [0.2, 0.25) is 0 Å². The van der Waals surface area contributed by atoms with E-state index in [9.17, 15) is 9.59 Å². The third-order valence-electron chi connectivity index (χ3n) is 2.18. The summed E-state index contributed by atoms with van der Waals surface area (Å²) in [6.07, 6.45) is 1.36. The van der Waals surface area contributed by atoms with E-state index in [2.05, 4.69) is 4.98 Å². The van der Waals surface area contributed by atoms with Gasteiger partial charge in [-0.25, -0.2) is 4.98 Å². The minimum Gasteiger partial charge on any atom is -0.428 e. The first-order valence-corrected chi connectivity index (χ1v) is 5.93. The van der Waals surface area contributed by atoms with Gasteiger partial charge in [-0.05, 0) is 23.9 Å². The first-order valence-electron chi connectivity index (χ1n) is 5.11. The van der Waals surface area contributed by atoms with Crippen molar-refractivity contribution in [1.82, 2.24) is 4.98 Å². The summed E-state index contributed by atoms with van der Waals surface area (Å²) in [5.74, 6) is -0.525. The molecule has 0 spiro atoms. The third kappa shape index (κ3) is 2.60. The van der Waals surface area contributed by atoms with Gasteiger partial charge < -0.3 is 10.2 Å². The number of hydrogen-bond donors (Lipinski definition) is 1. The number of nitrogens with zero attached hydrogens (tertiary/aromatic N) is 1. The van der Waals surface area contributed by atoms with Crippen LogP contribution < -0.4 is 5.73 Å². The molecule has 0 aliphatic rings. The Balaban J connectivity index is 2.28. The van der Waals surface area contributed by atoms with Crippen molar-refractivity contribution in [1.29, 1.82) is 0 Å².